The molecule has 3 unspecified atom stereocenters. The summed E-state index contributed by atoms with van der Waals surface area (Å²) in [5.41, 5.74) is 1.44. The largest absolute Gasteiger partial charge is 0.507 e. The summed E-state index contributed by atoms with van der Waals surface area (Å²) in [7, 11) is 3.74. The number of amides is 2. The predicted molar refractivity (Wildman–Crippen MR) is 185 cm³/mol. The fourth-order valence-electron chi connectivity index (χ4n) is 4.66. The number of aliphatic carboxylic acids is 1. The van der Waals surface area contributed by atoms with Gasteiger partial charge >= 0.3 is 5.97 Å². The molecule has 1 aliphatic heterocycles. The van der Waals surface area contributed by atoms with E-state index in [9.17, 15) is 24.3 Å². The van der Waals surface area contributed by atoms with Crippen LogP contribution in [0.1, 0.15) is 43.2 Å². The summed E-state index contributed by atoms with van der Waals surface area (Å²) in [6, 6.07) is 5.58. The molecule has 272 valence electrons. The first-order chi connectivity index (χ1) is 23.4. The first-order valence-corrected chi connectivity index (χ1v) is 17.3. The van der Waals surface area contributed by atoms with Crippen LogP contribution in [0.15, 0.2) is 24.3 Å². The Labute approximate surface area is 288 Å². The van der Waals surface area contributed by atoms with Crippen molar-refractivity contribution >= 4 is 42.4 Å². The van der Waals surface area contributed by atoms with Gasteiger partial charge in [0.25, 0.3) is 0 Å². The summed E-state index contributed by atoms with van der Waals surface area (Å²) < 4.78 is 21.4. The molecule has 2 rings (SSSR count). The van der Waals surface area contributed by atoms with Crippen molar-refractivity contribution in [1.29, 1.82) is 0 Å². The molecule has 2 amide bonds. The molecule has 48 heavy (non-hydrogen) atoms. The summed E-state index contributed by atoms with van der Waals surface area (Å²) in [6.45, 7) is 4.91. The number of hydrogen-bond acceptors (Lipinski definition) is 12. The van der Waals surface area contributed by atoms with Gasteiger partial charge in [-0.15, -0.1) is 0 Å². The minimum absolute atomic E-state index is 0.0480. The third-order valence-corrected chi connectivity index (χ3v) is 8.54. The molecule has 0 bridgehead atoms. The van der Waals surface area contributed by atoms with Crippen LogP contribution in [-0.2, 0) is 44.7 Å². The number of aromatic hydroxyl groups is 1. The Bertz CT molecular complexity index is 1070. The number of hydrogen-bond donors (Lipinski definition) is 6. The molecule has 1 aliphatic rings. The van der Waals surface area contributed by atoms with E-state index < -0.39 is 5.97 Å². The second-order valence-corrected chi connectivity index (χ2v) is 11.9. The van der Waals surface area contributed by atoms with E-state index >= 15 is 0 Å². The number of rotatable bonds is 27. The molecule has 15 heteroatoms. The summed E-state index contributed by atoms with van der Waals surface area (Å²) in [5.74, 6) is 0.0225. The highest BCUT2D eigenvalue weighted by atomic mass is 32.2. The van der Waals surface area contributed by atoms with E-state index in [0.29, 0.717) is 89.6 Å². The number of carboxylic acids is 1. The van der Waals surface area contributed by atoms with Crippen LogP contribution in [0.25, 0.3) is 6.08 Å². The molecule has 3 atom stereocenters. The number of aldehydes is 1. The zero-order valence-corrected chi connectivity index (χ0v) is 29.0. The molecule has 0 aromatic heterocycles. The SMILES string of the molecule is CNC1C(NC=O)CSC1CCCCC(=O)NCCOCCOCCOCCOCCC=O.CNCc1ccc(/C=C/C(=O)O)c(O)c1. The Kier molecular flexibility index (Phi) is 25.9. The number of phenols is 1. The Morgan fingerprint density at radius 3 is 2.21 bits per heavy atom. The highest BCUT2D eigenvalue weighted by Gasteiger charge is 2.34. The van der Waals surface area contributed by atoms with Crippen molar-refractivity contribution in [1.82, 2.24) is 21.3 Å². The monoisotopic (exact) mass is 698 g/mol. The van der Waals surface area contributed by atoms with Gasteiger partial charge in [0, 0.05) is 54.6 Å². The first kappa shape index (κ1) is 43.0. The molecule has 1 fully saturated rings. The zero-order valence-electron chi connectivity index (χ0n) is 28.2. The quantitative estimate of drug-likeness (QED) is 0.0439. The Morgan fingerprint density at radius 2 is 1.62 bits per heavy atom. The molecular weight excluding hydrogens is 644 g/mol. The van der Waals surface area contributed by atoms with Crippen molar-refractivity contribution in [3.05, 3.63) is 35.4 Å². The fourth-order valence-corrected chi connectivity index (χ4v) is 6.29. The van der Waals surface area contributed by atoms with Crippen LogP contribution in [0.5, 0.6) is 5.75 Å². The molecule has 1 aromatic carbocycles. The Hall–Kier alpha value is -3.05. The van der Waals surface area contributed by atoms with Gasteiger partial charge in [-0.25, -0.2) is 4.79 Å². The first-order valence-electron chi connectivity index (χ1n) is 16.2. The van der Waals surface area contributed by atoms with E-state index in [2.05, 4.69) is 21.3 Å². The number of carbonyl (C=O) groups excluding carboxylic acids is 3. The summed E-state index contributed by atoms with van der Waals surface area (Å²) >= 11 is 1.88. The summed E-state index contributed by atoms with van der Waals surface area (Å²) in [4.78, 5) is 43.0. The smallest absolute Gasteiger partial charge is 0.328 e. The minimum atomic E-state index is -1.03. The fraction of sp³-hybridized carbons (Fsp3) is 0.636. The van der Waals surface area contributed by atoms with Crippen molar-refractivity contribution < 1.29 is 48.3 Å². The van der Waals surface area contributed by atoms with Crippen LogP contribution < -0.4 is 21.3 Å². The number of ether oxygens (including phenoxy) is 4. The van der Waals surface area contributed by atoms with Crippen LogP contribution in [0.2, 0.25) is 0 Å². The van der Waals surface area contributed by atoms with Crippen LogP contribution in [0, 0.1) is 0 Å². The van der Waals surface area contributed by atoms with Gasteiger partial charge in [-0.3, -0.25) is 9.59 Å². The molecule has 1 aromatic rings. The maximum absolute atomic E-state index is 11.9. The highest BCUT2D eigenvalue weighted by molar-refractivity contribution is 8.00. The lowest BCUT2D eigenvalue weighted by molar-refractivity contribution is -0.131. The van der Waals surface area contributed by atoms with Crippen molar-refractivity contribution in [2.45, 2.75) is 56.0 Å². The van der Waals surface area contributed by atoms with Crippen molar-refractivity contribution in [3.8, 4) is 5.75 Å². The lowest BCUT2D eigenvalue weighted by Crippen LogP contribution is -2.48. The maximum atomic E-state index is 11.9. The van der Waals surface area contributed by atoms with E-state index in [-0.39, 0.29) is 23.7 Å². The molecule has 1 saturated heterocycles. The highest BCUT2D eigenvalue weighted by Crippen LogP contribution is 2.31. The zero-order chi connectivity index (χ0) is 35.2. The van der Waals surface area contributed by atoms with E-state index in [0.717, 1.165) is 49.4 Å². The number of carbonyl (C=O) groups is 4. The summed E-state index contributed by atoms with van der Waals surface area (Å²) in [5, 5.41) is 30.5. The van der Waals surface area contributed by atoms with Gasteiger partial charge in [0.2, 0.25) is 12.3 Å². The number of carboxylic acid groups (broad SMARTS) is 1. The van der Waals surface area contributed by atoms with Gasteiger partial charge < -0.3 is 55.2 Å². The third kappa shape index (κ3) is 21.0. The van der Waals surface area contributed by atoms with Gasteiger partial charge in [-0.2, -0.15) is 11.8 Å². The molecule has 0 aliphatic carbocycles. The molecule has 1 heterocycles. The molecular formula is C33H54N4O10S. The van der Waals surface area contributed by atoms with Crippen molar-refractivity contribution in [3.63, 3.8) is 0 Å². The van der Waals surface area contributed by atoms with E-state index in [1.165, 1.54) is 6.08 Å². The van der Waals surface area contributed by atoms with Gasteiger partial charge in [-0.1, -0.05) is 18.6 Å². The number of likely N-dealkylation sites (N-methyl/N-ethyl adjacent to an activating group) is 1. The summed E-state index contributed by atoms with van der Waals surface area (Å²) in [6.07, 6.45) is 7.76. The van der Waals surface area contributed by atoms with Crippen molar-refractivity contribution in [2.75, 3.05) is 79.2 Å². The van der Waals surface area contributed by atoms with Gasteiger partial charge in [-0.05, 0) is 44.6 Å². The normalized spacial score (nSPS) is 17.1. The average molecular weight is 699 g/mol. The number of phenolic OH excluding ortho intramolecular Hbond substituents is 1. The second-order valence-electron chi connectivity index (χ2n) is 10.7. The molecule has 0 radical (unpaired) electrons. The topological polar surface area (TPSA) is 194 Å². The predicted octanol–water partition coefficient (Wildman–Crippen LogP) is 1.35. The van der Waals surface area contributed by atoms with E-state index in [1.807, 2.05) is 31.9 Å². The molecule has 14 nitrogen and oxygen atoms in total. The lowest BCUT2D eigenvalue weighted by Gasteiger charge is -2.22. The average Bonchev–Trinajstić information content (AvgIpc) is 3.46. The van der Waals surface area contributed by atoms with Crippen LogP contribution in [-0.4, -0.2) is 131 Å². The van der Waals surface area contributed by atoms with Gasteiger partial charge in [0.1, 0.15) is 12.0 Å². The van der Waals surface area contributed by atoms with Gasteiger partial charge in [0.05, 0.1) is 58.9 Å². The van der Waals surface area contributed by atoms with E-state index in [1.54, 1.807) is 12.1 Å². The maximum Gasteiger partial charge on any atom is 0.328 e. The molecule has 6 N–H and O–H groups in total. The van der Waals surface area contributed by atoms with Crippen molar-refractivity contribution in [2.24, 2.45) is 0 Å². The van der Waals surface area contributed by atoms with E-state index in [4.69, 9.17) is 24.1 Å². The van der Waals surface area contributed by atoms with Crippen LogP contribution in [0.3, 0.4) is 0 Å². The standard InChI is InChI=1S/C22H41N3O7S.C11H13NO3/c1-23-22-19(25-18-27)17-33-20(22)5-2-3-6-21(28)24-7-10-30-12-14-32-16-15-31-13-11-29-9-4-8-26;1-12-7-8-2-3-9(10(13)6-8)4-5-11(14)15/h8,18-20,22-23H,2-7,9-17H2,1H3,(H,24,28)(H,25,27);2-6,12-13H,7H2,1H3,(H,14,15)/b;5-4+. The lowest BCUT2D eigenvalue weighted by atomic mass is 10.0. The number of unbranched alkanes of at least 4 members (excludes halogenated alkanes) is 1. The van der Waals surface area contributed by atoms with Crippen LogP contribution in [0.4, 0.5) is 0 Å². The van der Waals surface area contributed by atoms with Gasteiger partial charge in [0.15, 0.2) is 0 Å². The molecule has 0 saturated carbocycles. The number of thioether (sulfide) groups is 1. The minimum Gasteiger partial charge on any atom is -0.507 e. The Morgan fingerprint density at radius 1 is 0.958 bits per heavy atom. The number of benzene rings is 1. The third-order valence-electron chi connectivity index (χ3n) is 7.03. The Balaban J connectivity index is 0.000000637. The van der Waals surface area contributed by atoms with Crippen LogP contribution >= 0.6 is 11.8 Å². The number of nitrogens with one attached hydrogen (secondary N) is 4. The second kappa shape index (κ2) is 28.9. The molecule has 0 spiro atoms.